The van der Waals surface area contributed by atoms with E-state index in [1.807, 2.05) is 0 Å². The summed E-state index contributed by atoms with van der Waals surface area (Å²) in [7, 11) is 0. The van der Waals surface area contributed by atoms with Gasteiger partial charge in [0.15, 0.2) is 0 Å². The monoisotopic (exact) mass is 337 g/mol. The van der Waals surface area contributed by atoms with Crippen LogP contribution in [0.15, 0.2) is 24.3 Å². The third-order valence-corrected chi connectivity index (χ3v) is 5.27. The molecule has 2 N–H and O–H groups in total. The Bertz CT molecular complexity index is 611. The Morgan fingerprint density at radius 2 is 2.04 bits per heavy atom. The van der Waals surface area contributed by atoms with Gasteiger partial charge in [0.05, 0.1) is 24.2 Å². The van der Waals surface area contributed by atoms with Gasteiger partial charge in [-0.25, -0.2) is 4.39 Å². The molecular weight excluding hydrogens is 313 g/mol. The number of aliphatic hydroxyl groups excluding tert-OH is 1. The Hall–Kier alpha value is -1.50. The summed E-state index contributed by atoms with van der Waals surface area (Å²) >= 11 is 0. The van der Waals surface area contributed by atoms with Crippen molar-refractivity contribution in [2.24, 2.45) is 0 Å². The van der Waals surface area contributed by atoms with Gasteiger partial charge >= 0.3 is 0 Å². The van der Waals surface area contributed by atoms with Crippen molar-refractivity contribution in [1.82, 2.24) is 4.90 Å². The molecule has 1 aromatic carbocycles. The van der Waals surface area contributed by atoms with E-state index in [9.17, 15) is 19.4 Å². The molecule has 24 heavy (non-hydrogen) atoms. The molecule has 0 aliphatic carbocycles. The SMILES string of the molecule is C[C@]1(O)CC2(CCN(C(=O)Cc3ccccc3F)CC2)OC[C@@H]1O. The van der Waals surface area contributed by atoms with Crippen LogP contribution in [0.2, 0.25) is 0 Å². The van der Waals surface area contributed by atoms with Crippen LogP contribution in [0.25, 0.3) is 0 Å². The molecular formula is C18H24FNO4. The van der Waals surface area contributed by atoms with Crippen LogP contribution in [0.5, 0.6) is 0 Å². The van der Waals surface area contributed by atoms with E-state index in [1.54, 1.807) is 30.0 Å². The molecule has 0 unspecified atom stereocenters. The maximum absolute atomic E-state index is 13.7. The molecule has 2 fully saturated rings. The zero-order chi connectivity index (χ0) is 17.4. The number of hydrogen-bond donors (Lipinski definition) is 2. The number of hydrogen-bond acceptors (Lipinski definition) is 4. The smallest absolute Gasteiger partial charge is 0.227 e. The number of carbonyl (C=O) groups excluding carboxylic acids is 1. The number of aliphatic hydroxyl groups is 2. The molecule has 3 rings (SSSR count). The van der Waals surface area contributed by atoms with Crippen molar-refractivity contribution < 1.29 is 24.1 Å². The second-order valence-electron chi connectivity index (χ2n) is 7.19. The molecule has 2 heterocycles. The summed E-state index contributed by atoms with van der Waals surface area (Å²) in [5.74, 6) is -0.461. The lowest BCUT2D eigenvalue weighted by molar-refractivity contribution is -0.222. The first-order chi connectivity index (χ1) is 11.3. The van der Waals surface area contributed by atoms with Crippen molar-refractivity contribution in [2.75, 3.05) is 19.7 Å². The number of amides is 1. The first-order valence-electron chi connectivity index (χ1n) is 8.37. The molecule has 2 aliphatic rings. The summed E-state index contributed by atoms with van der Waals surface area (Å²) < 4.78 is 19.5. The van der Waals surface area contributed by atoms with Crippen molar-refractivity contribution >= 4 is 5.91 Å². The molecule has 6 heteroatoms. The van der Waals surface area contributed by atoms with Crippen LogP contribution in [0.3, 0.4) is 0 Å². The van der Waals surface area contributed by atoms with Crippen LogP contribution >= 0.6 is 0 Å². The van der Waals surface area contributed by atoms with E-state index in [-0.39, 0.29) is 24.8 Å². The molecule has 2 aliphatic heterocycles. The highest BCUT2D eigenvalue weighted by atomic mass is 19.1. The summed E-state index contributed by atoms with van der Waals surface area (Å²) in [4.78, 5) is 14.1. The van der Waals surface area contributed by atoms with Gasteiger partial charge in [-0.2, -0.15) is 0 Å². The number of rotatable bonds is 2. The highest BCUT2D eigenvalue weighted by Crippen LogP contribution is 2.39. The highest BCUT2D eigenvalue weighted by molar-refractivity contribution is 5.79. The fourth-order valence-corrected chi connectivity index (χ4v) is 3.66. The van der Waals surface area contributed by atoms with Crippen LogP contribution in [0, 0.1) is 5.82 Å². The molecule has 0 aromatic heterocycles. The van der Waals surface area contributed by atoms with Crippen LogP contribution in [0.4, 0.5) is 4.39 Å². The molecule has 1 spiro atoms. The number of likely N-dealkylation sites (tertiary alicyclic amines) is 1. The number of nitrogens with zero attached hydrogens (tertiary/aromatic N) is 1. The minimum absolute atomic E-state index is 0.0525. The third kappa shape index (κ3) is 3.45. The van der Waals surface area contributed by atoms with E-state index < -0.39 is 17.3 Å². The average molecular weight is 337 g/mol. The fourth-order valence-electron chi connectivity index (χ4n) is 3.66. The van der Waals surface area contributed by atoms with E-state index >= 15 is 0 Å². The minimum atomic E-state index is -1.17. The van der Waals surface area contributed by atoms with Crippen LogP contribution < -0.4 is 0 Å². The number of piperidine rings is 1. The normalized spacial score (nSPS) is 29.7. The van der Waals surface area contributed by atoms with Gasteiger partial charge in [-0.05, 0) is 31.4 Å². The summed E-state index contributed by atoms with van der Waals surface area (Å²) in [6.07, 6.45) is 0.745. The lowest BCUT2D eigenvalue weighted by Gasteiger charge is -2.49. The molecule has 2 atom stereocenters. The molecule has 5 nitrogen and oxygen atoms in total. The Kier molecular flexibility index (Phi) is 4.64. The second kappa shape index (κ2) is 6.43. The average Bonchev–Trinajstić information content (AvgIpc) is 2.54. The molecule has 1 amide bonds. The maximum atomic E-state index is 13.7. The Morgan fingerprint density at radius 3 is 2.67 bits per heavy atom. The van der Waals surface area contributed by atoms with Crippen molar-refractivity contribution in [1.29, 1.82) is 0 Å². The van der Waals surface area contributed by atoms with Crippen molar-refractivity contribution in [3.8, 4) is 0 Å². The quantitative estimate of drug-likeness (QED) is 0.852. The summed E-state index contributed by atoms with van der Waals surface area (Å²) in [6, 6.07) is 6.31. The fraction of sp³-hybridized carbons (Fsp3) is 0.611. The van der Waals surface area contributed by atoms with Crippen molar-refractivity contribution in [3.63, 3.8) is 0 Å². The lowest BCUT2D eigenvalue weighted by atomic mass is 9.76. The van der Waals surface area contributed by atoms with Gasteiger partial charge in [0.1, 0.15) is 11.9 Å². The Morgan fingerprint density at radius 1 is 1.38 bits per heavy atom. The number of benzene rings is 1. The molecule has 1 aromatic rings. The van der Waals surface area contributed by atoms with E-state index in [1.165, 1.54) is 6.07 Å². The standard InChI is InChI=1S/C18H24FNO4/c1-17(23)12-18(24-11-15(17)21)6-8-20(9-7-18)16(22)10-13-4-2-3-5-14(13)19/h2-5,15,21,23H,6-12H2,1H3/t15-,17-/m0/s1. The molecule has 0 radical (unpaired) electrons. The number of ether oxygens (including phenoxy) is 1. The van der Waals surface area contributed by atoms with Crippen LogP contribution in [-0.2, 0) is 16.0 Å². The van der Waals surface area contributed by atoms with Crippen molar-refractivity contribution in [3.05, 3.63) is 35.6 Å². The third-order valence-electron chi connectivity index (χ3n) is 5.27. The zero-order valence-corrected chi connectivity index (χ0v) is 13.9. The van der Waals surface area contributed by atoms with Gasteiger partial charge in [0.25, 0.3) is 0 Å². The lowest BCUT2D eigenvalue weighted by Crippen LogP contribution is -2.59. The van der Waals surface area contributed by atoms with E-state index in [0.717, 1.165) is 0 Å². The number of halogens is 1. The number of carbonyl (C=O) groups is 1. The topological polar surface area (TPSA) is 70.0 Å². The first-order valence-corrected chi connectivity index (χ1v) is 8.37. The zero-order valence-electron chi connectivity index (χ0n) is 13.9. The molecule has 0 saturated carbocycles. The first kappa shape index (κ1) is 17.3. The second-order valence-corrected chi connectivity index (χ2v) is 7.19. The summed E-state index contributed by atoms with van der Waals surface area (Å²) in [5.41, 5.74) is -1.25. The van der Waals surface area contributed by atoms with E-state index in [2.05, 4.69) is 0 Å². The largest absolute Gasteiger partial charge is 0.388 e. The van der Waals surface area contributed by atoms with E-state index in [4.69, 9.17) is 4.74 Å². The van der Waals surface area contributed by atoms with Gasteiger partial charge in [-0.15, -0.1) is 0 Å². The van der Waals surface area contributed by atoms with Gasteiger partial charge < -0.3 is 19.8 Å². The molecule has 0 bridgehead atoms. The predicted molar refractivity (Wildman–Crippen MR) is 85.8 cm³/mol. The van der Waals surface area contributed by atoms with Crippen molar-refractivity contribution in [2.45, 2.75) is 49.9 Å². The van der Waals surface area contributed by atoms with Crippen LogP contribution in [0.1, 0.15) is 31.7 Å². The Balaban J connectivity index is 1.59. The van der Waals surface area contributed by atoms with E-state index in [0.29, 0.717) is 37.9 Å². The molecule has 132 valence electrons. The highest BCUT2D eigenvalue weighted by Gasteiger charge is 2.48. The van der Waals surface area contributed by atoms with Gasteiger partial charge in [-0.3, -0.25) is 4.79 Å². The molecule has 2 saturated heterocycles. The van der Waals surface area contributed by atoms with Gasteiger partial charge in [-0.1, -0.05) is 18.2 Å². The van der Waals surface area contributed by atoms with Crippen LogP contribution in [-0.4, -0.2) is 58.0 Å². The summed E-state index contributed by atoms with van der Waals surface area (Å²) in [6.45, 7) is 2.76. The minimum Gasteiger partial charge on any atom is -0.388 e. The Labute approximate surface area is 141 Å². The maximum Gasteiger partial charge on any atom is 0.227 e. The van der Waals surface area contributed by atoms with Gasteiger partial charge in [0.2, 0.25) is 5.91 Å². The summed E-state index contributed by atoms with van der Waals surface area (Å²) in [5, 5.41) is 20.1. The van der Waals surface area contributed by atoms with Gasteiger partial charge in [0, 0.05) is 19.5 Å². The predicted octanol–water partition coefficient (Wildman–Crippen LogP) is 1.26.